The molecule has 0 aliphatic carbocycles. The van der Waals surface area contributed by atoms with Crippen LogP contribution >= 0.6 is 22.6 Å². The largest absolute Gasteiger partial charge is 0.494 e. The quantitative estimate of drug-likeness (QED) is 0.0182. The van der Waals surface area contributed by atoms with Crippen molar-refractivity contribution in [1.82, 2.24) is 0 Å². The van der Waals surface area contributed by atoms with E-state index in [4.69, 9.17) is 31.6 Å². The summed E-state index contributed by atoms with van der Waals surface area (Å²) in [6, 6.07) is 18.7. The van der Waals surface area contributed by atoms with Crippen molar-refractivity contribution in [2.45, 2.75) is 64.5 Å². The molecule has 0 radical (unpaired) electrons. The molecule has 64 heavy (non-hydrogen) atoms. The molecule has 1 saturated heterocycles. The minimum Gasteiger partial charge on any atom is -0.399 e. The number of alkyl halides is 6. The van der Waals surface area contributed by atoms with E-state index in [1.807, 2.05) is 50.3 Å². The van der Waals surface area contributed by atoms with Crippen LogP contribution in [-0.2, 0) is 32.0 Å². The van der Waals surface area contributed by atoms with Gasteiger partial charge in [0, 0.05) is 34.8 Å². The van der Waals surface area contributed by atoms with Crippen molar-refractivity contribution in [3.63, 3.8) is 0 Å². The van der Waals surface area contributed by atoms with E-state index in [1.54, 1.807) is 12.1 Å². The minimum atomic E-state index is -4.49. The second-order valence-electron chi connectivity index (χ2n) is 14.8. The molecule has 346 valence electrons. The van der Waals surface area contributed by atoms with Gasteiger partial charge in [0.1, 0.15) is 48.2 Å². The van der Waals surface area contributed by atoms with Gasteiger partial charge in [-0.2, -0.15) is 26.3 Å². The molecule has 1 aliphatic rings. The molecule has 5 rings (SSSR count). The van der Waals surface area contributed by atoms with Crippen LogP contribution in [0.2, 0.25) is 0 Å². The van der Waals surface area contributed by atoms with Crippen LogP contribution < -0.4 is 27.6 Å². The number of hydrogen-bond acceptors (Lipinski definition) is 8. The molecule has 22 heteroatoms. The molecule has 0 saturated carbocycles. The Kier molecular flexibility index (Phi) is 19.2. The van der Waals surface area contributed by atoms with E-state index in [9.17, 15) is 43.9 Å². The van der Waals surface area contributed by atoms with Crippen molar-refractivity contribution >= 4 is 63.9 Å². The Labute approximate surface area is 376 Å². The zero-order valence-corrected chi connectivity index (χ0v) is 36.7. The molecule has 8 N–H and O–H groups in total. The summed E-state index contributed by atoms with van der Waals surface area (Å²) in [7, 11) is -0.780. The first-order valence-corrected chi connectivity index (χ1v) is 19.7. The van der Waals surface area contributed by atoms with Crippen LogP contribution in [0.1, 0.15) is 44.4 Å². The average Bonchev–Trinajstić information content (AvgIpc) is 3.37. The number of anilines is 2. The lowest BCUT2D eigenvalue weighted by atomic mass is 9.78. The van der Waals surface area contributed by atoms with Gasteiger partial charge in [-0.3, -0.25) is 10.8 Å². The maximum atomic E-state index is 13.9. The highest BCUT2D eigenvalue weighted by molar-refractivity contribution is 14.1. The molecule has 0 aromatic heterocycles. The van der Waals surface area contributed by atoms with Gasteiger partial charge < -0.3 is 40.9 Å². The fourth-order valence-corrected chi connectivity index (χ4v) is 5.86. The van der Waals surface area contributed by atoms with Gasteiger partial charge >= 0.3 is 19.5 Å². The van der Waals surface area contributed by atoms with Gasteiger partial charge in [-0.25, -0.2) is 17.6 Å². The zero-order valence-electron chi connectivity index (χ0n) is 34.6. The lowest BCUT2D eigenvalue weighted by Gasteiger charge is -2.32. The number of halogens is 11. The van der Waals surface area contributed by atoms with Crippen molar-refractivity contribution in [3.8, 4) is 0 Å². The van der Waals surface area contributed by atoms with Crippen molar-refractivity contribution in [2.75, 3.05) is 23.8 Å². The Morgan fingerprint density at radius 1 is 0.641 bits per heavy atom. The normalized spacial score (nSPS) is 14.8. The molecule has 0 bridgehead atoms. The van der Waals surface area contributed by atoms with Crippen LogP contribution in [0.15, 0.2) is 101 Å². The van der Waals surface area contributed by atoms with E-state index < -0.39 is 67.9 Å². The first-order chi connectivity index (χ1) is 29.6. The highest BCUT2D eigenvalue weighted by Crippen LogP contribution is 2.36. The SMILES string of the molecule is CC1(C)OB(c2cc(F)cc(COCC(F)(F)F)c2)OC1(C)C.N=C(N)/C=C(/I)Nc1ccc(F)cc1.N=C(N)/C=C(\Nc1ccc(F)cc1)c1cc(F)cc(COCC(F)(F)F)c1. The van der Waals surface area contributed by atoms with Crippen molar-refractivity contribution in [2.24, 2.45) is 11.5 Å². The van der Waals surface area contributed by atoms with Crippen molar-refractivity contribution in [3.05, 3.63) is 141 Å². The molecule has 4 aromatic carbocycles. The van der Waals surface area contributed by atoms with Crippen molar-refractivity contribution < 1.29 is 62.7 Å². The van der Waals surface area contributed by atoms with Gasteiger partial charge in [0.25, 0.3) is 0 Å². The molecular weight excluding hydrogens is 980 g/mol. The Hall–Kier alpha value is -5.17. The Morgan fingerprint density at radius 3 is 1.50 bits per heavy atom. The van der Waals surface area contributed by atoms with Crippen molar-refractivity contribution in [1.29, 1.82) is 10.8 Å². The van der Waals surface area contributed by atoms with Crippen LogP contribution in [0.3, 0.4) is 0 Å². The molecule has 0 amide bonds. The third-order valence-corrected chi connectivity index (χ3v) is 9.24. The summed E-state index contributed by atoms with van der Waals surface area (Å²) in [4.78, 5) is 0. The van der Waals surface area contributed by atoms with E-state index in [-0.39, 0.29) is 40.9 Å². The molecule has 10 nitrogen and oxygen atoms in total. The van der Waals surface area contributed by atoms with E-state index in [0.717, 1.165) is 23.9 Å². The van der Waals surface area contributed by atoms with Gasteiger partial charge in [-0.05, 0) is 146 Å². The molecule has 0 spiro atoms. The predicted octanol–water partition coefficient (Wildman–Crippen LogP) is 10.1. The number of nitrogens with one attached hydrogen (secondary N) is 4. The fourth-order valence-electron chi connectivity index (χ4n) is 5.21. The summed E-state index contributed by atoms with van der Waals surface area (Å²) in [6.07, 6.45) is -6.22. The lowest BCUT2D eigenvalue weighted by molar-refractivity contribution is -0.177. The summed E-state index contributed by atoms with van der Waals surface area (Å²) < 4.78 is 147. The van der Waals surface area contributed by atoms with Gasteiger partial charge in [0.2, 0.25) is 0 Å². The zero-order chi connectivity index (χ0) is 48.0. The predicted molar refractivity (Wildman–Crippen MR) is 234 cm³/mol. The number of rotatable bonds is 14. The summed E-state index contributed by atoms with van der Waals surface area (Å²) in [5.41, 5.74) is 11.9. The first kappa shape index (κ1) is 53.2. The van der Waals surface area contributed by atoms with E-state index in [2.05, 4.69) is 20.1 Å². The summed E-state index contributed by atoms with van der Waals surface area (Å²) >= 11 is 2.00. The maximum Gasteiger partial charge on any atom is 0.494 e. The number of hydrogen-bond donors (Lipinski definition) is 6. The highest BCUT2D eigenvalue weighted by Gasteiger charge is 2.51. The first-order valence-electron chi connectivity index (χ1n) is 18.7. The van der Waals surface area contributed by atoms with E-state index in [1.165, 1.54) is 66.7 Å². The third kappa shape index (κ3) is 19.3. The monoisotopic (exact) mass is 1020 g/mol. The Morgan fingerprint density at radius 2 is 1.06 bits per heavy atom. The second-order valence-corrected chi connectivity index (χ2v) is 15.9. The summed E-state index contributed by atoms with van der Waals surface area (Å²) in [5.74, 6) is -2.37. The van der Waals surface area contributed by atoms with Crippen LogP contribution in [-0.4, -0.2) is 55.6 Å². The number of benzene rings is 4. The number of nitrogens with two attached hydrogens (primary N) is 2. The molecule has 1 aliphatic heterocycles. The van der Waals surface area contributed by atoms with Gasteiger partial charge in [-0.15, -0.1) is 0 Å². The molecular formula is C42H44BF10IN6O4. The van der Waals surface area contributed by atoms with E-state index in [0.29, 0.717) is 20.4 Å². The Bertz CT molecular complexity index is 2240. The second kappa shape index (κ2) is 23.1. The van der Waals surface area contributed by atoms with Gasteiger partial charge in [0.05, 0.1) is 28.1 Å². The summed E-state index contributed by atoms with van der Waals surface area (Å²) in [5, 5.41) is 20.3. The molecule has 0 unspecified atom stereocenters. The number of amidine groups is 2. The maximum absolute atomic E-state index is 13.9. The van der Waals surface area contributed by atoms with Gasteiger partial charge in [0.15, 0.2) is 0 Å². The lowest BCUT2D eigenvalue weighted by Crippen LogP contribution is -2.41. The van der Waals surface area contributed by atoms with Crippen LogP contribution in [0, 0.1) is 34.1 Å². The highest BCUT2D eigenvalue weighted by atomic mass is 127. The topological polar surface area (TPSA) is 161 Å². The average molecular weight is 1020 g/mol. The molecule has 1 fully saturated rings. The van der Waals surface area contributed by atoms with E-state index >= 15 is 0 Å². The van der Waals surface area contributed by atoms with Crippen LogP contribution in [0.5, 0.6) is 0 Å². The standard InChI is InChI=1S/C18H16F5N3O.C15H19BF4O3.C9H9FIN3/c19-13-1-3-15(4-2-13)26-16(8-17(24)25)12-5-11(6-14(20)7-12)9-27-10-18(21,22)23;1-13(2)14(3,4)23-16(22-13)11-5-10(6-12(17)7-11)8-21-9-15(18,19)20;10-6-1-3-7(4-2-6)14-8(11)5-9(12)13/h1-8,26H,9-10H2,(H3,24,25);5-7H,8-9H2,1-4H3;1-5,14H,(H3,12,13)/b16-8-;;8-5-. The smallest absolute Gasteiger partial charge is 0.399 e. The summed E-state index contributed by atoms with van der Waals surface area (Å²) in [6.45, 7) is 3.81. The van der Waals surface area contributed by atoms with Gasteiger partial charge in [-0.1, -0.05) is 6.07 Å². The fraction of sp³-hybridized carbons (Fsp3) is 0.286. The van der Waals surface area contributed by atoms with Crippen LogP contribution in [0.4, 0.5) is 55.3 Å². The minimum absolute atomic E-state index is 0.0241. The Balaban J connectivity index is 0.000000268. The van der Waals surface area contributed by atoms with Crippen LogP contribution in [0.25, 0.3) is 5.70 Å². The molecule has 1 heterocycles. The molecule has 0 atom stereocenters. The number of ether oxygens (including phenoxy) is 2. The molecule has 4 aromatic rings. The third-order valence-electron chi connectivity index (χ3n) is 8.66.